The van der Waals surface area contributed by atoms with Crippen LogP contribution in [0.5, 0.6) is 0 Å². The lowest BCUT2D eigenvalue weighted by atomic mass is 10.0. The van der Waals surface area contributed by atoms with Crippen molar-refractivity contribution in [2.24, 2.45) is 0 Å². The second-order valence-corrected chi connectivity index (χ2v) is 7.15. The summed E-state index contributed by atoms with van der Waals surface area (Å²) < 4.78 is 6.99. The molecule has 2 N–H and O–H groups in total. The van der Waals surface area contributed by atoms with Gasteiger partial charge in [0.05, 0.1) is 12.8 Å². The van der Waals surface area contributed by atoms with Crippen molar-refractivity contribution in [3.05, 3.63) is 78.0 Å². The first kappa shape index (κ1) is 19.6. The lowest BCUT2D eigenvalue weighted by molar-refractivity contribution is -0.121. The predicted octanol–water partition coefficient (Wildman–Crippen LogP) is 3.18. The number of anilines is 1. The molecule has 8 nitrogen and oxygen atoms in total. The molecule has 1 atom stereocenters. The van der Waals surface area contributed by atoms with Crippen molar-refractivity contribution in [3.8, 4) is 0 Å². The molecule has 4 aromatic rings. The Balaban J connectivity index is 1.31. The Morgan fingerprint density at radius 1 is 1.10 bits per heavy atom. The number of carbonyl (C=O) groups is 1. The van der Waals surface area contributed by atoms with Crippen molar-refractivity contribution >= 4 is 17.4 Å². The Morgan fingerprint density at radius 3 is 2.77 bits per heavy atom. The molecule has 4 rings (SSSR count). The molecule has 0 saturated carbocycles. The van der Waals surface area contributed by atoms with E-state index in [1.54, 1.807) is 10.8 Å². The normalized spacial score (nSPS) is 12.0. The molecule has 0 spiro atoms. The van der Waals surface area contributed by atoms with Crippen LogP contribution in [0.15, 0.2) is 65.3 Å². The van der Waals surface area contributed by atoms with E-state index < -0.39 is 0 Å². The summed E-state index contributed by atoms with van der Waals surface area (Å²) in [5.74, 6) is 2.40. The van der Waals surface area contributed by atoms with Gasteiger partial charge in [-0.15, -0.1) is 15.3 Å². The summed E-state index contributed by atoms with van der Waals surface area (Å²) in [7, 11) is 0. The van der Waals surface area contributed by atoms with Gasteiger partial charge < -0.3 is 15.1 Å². The highest BCUT2D eigenvalue weighted by Crippen LogP contribution is 2.13. The van der Waals surface area contributed by atoms with E-state index in [9.17, 15) is 4.79 Å². The Morgan fingerprint density at radius 2 is 1.97 bits per heavy atom. The zero-order valence-corrected chi connectivity index (χ0v) is 16.8. The first-order valence-electron chi connectivity index (χ1n) is 9.98. The van der Waals surface area contributed by atoms with Gasteiger partial charge in [0.2, 0.25) is 5.91 Å². The number of hydrogen-bond donors (Lipinski definition) is 2. The molecule has 0 radical (unpaired) electrons. The zero-order valence-electron chi connectivity index (χ0n) is 16.8. The Labute approximate surface area is 174 Å². The summed E-state index contributed by atoms with van der Waals surface area (Å²) in [5, 5.41) is 19.1. The SMILES string of the molecule is CC(CNC(=O)CCc1nnc2ccc(NCc3ccco3)nn12)c1ccccc1. The van der Waals surface area contributed by atoms with Gasteiger partial charge in [0.15, 0.2) is 11.5 Å². The molecule has 0 bridgehead atoms. The third-order valence-electron chi connectivity index (χ3n) is 4.90. The number of nitrogens with zero attached hydrogens (tertiary/aromatic N) is 4. The van der Waals surface area contributed by atoms with E-state index in [1.165, 1.54) is 5.56 Å². The van der Waals surface area contributed by atoms with E-state index in [0.29, 0.717) is 43.2 Å². The van der Waals surface area contributed by atoms with E-state index in [-0.39, 0.29) is 11.8 Å². The van der Waals surface area contributed by atoms with Gasteiger partial charge in [-0.1, -0.05) is 37.3 Å². The molecule has 0 aliphatic rings. The van der Waals surface area contributed by atoms with Crippen molar-refractivity contribution in [3.63, 3.8) is 0 Å². The van der Waals surface area contributed by atoms with E-state index in [2.05, 4.69) is 45.0 Å². The van der Waals surface area contributed by atoms with Crippen LogP contribution in [-0.4, -0.2) is 32.3 Å². The molecule has 0 aliphatic carbocycles. The average Bonchev–Trinajstić information content (AvgIpc) is 3.45. The maximum Gasteiger partial charge on any atom is 0.220 e. The summed E-state index contributed by atoms with van der Waals surface area (Å²) in [5.41, 5.74) is 1.85. The molecule has 1 aromatic carbocycles. The molecule has 1 amide bonds. The second-order valence-electron chi connectivity index (χ2n) is 7.15. The number of amides is 1. The van der Waals surface area contributed by atoms with Crippen molar-refractivity contribution < 1.29 is 9.21 Å². The maximum atomic E-state index is 12.3. The van der Waals surface area contributed by atoms with Crippen LogP contribution in [-0.2, 0) is 17.8 Å². The lowest BCUT2D eigenvalue weighted by Gasteiger charge is -2.12. The van der Waals surface area contributed by atoms with Crippen LogP contribution in [0.4, 0.5) is 5.82 Å². The van der Waals surface area contributed by atoms with Crippen LogP contribution in [0.25, 0.3) is 5.65 Å². The van der Waals surface area contributed by atoms with Crippen molar-refractivity contribution in [2.45, 2.75) is 32.2 Å². The number of fused-ring (bicyclic) bond motifs is 1. The Kier molecular flexibility index (Phi) is 6.03. The summed E-state index contributed by atoms with van der Waals surface area (Å²) >= 11 is 0. The third kappa shape index (κ3) is 4.83. The molecule has 0 saturated heterocycles. The monoisotopic (exact) mass is 404 g/mol. The number of furan rings is 1. The number of benzene rings is 1. The highest BCUT2D eigenvalue weighted by molar-refractivity contribution is 5.76. The topological polar surface area (TPSA) is 97.3 Å². The molecule has 1 unspecified atom stereocenters. The fourth-order valence-corrected chi connectivity index (χ4v) is 3.15. The Bertz CT molecular complexity index is 1090. The van der Waals surface area contributed by atoms with Crippen molar-refractivity contribution in [2.75, 3.05) is 11.9 Å². The van der Waals surface area contributed by atoms with Gasteiger partial charge in [-0.2, -0.15) is 4.52 Å². The fraction of sp³-hybridized carbons (Fsp3) is 0.273. The summed E-state index contributed by atoms with van der Waals surface area (Å²) in [6, 6.07) is 17.6. The highest BCUT2D eigenvalue weighted by atomic mass is 16.3. The van der Waals surface area contributed by atoms with Gasteiger partial charge in [0.25, 0.3) is 0 Å². The minimum Gasteiger partial charge on any atom is -0.467 e. The van der Waals surface area contributed by atoms with Crippen LogP contribution >= 0.6 is 0 Å². The van der Waals surface area contributed by atoms with Crippen LogP contribution < -0.4 is 10.6 Å². The van der Waals surface area contributed by atoms with Crippen LogP contribution in [0.1, 0.15) is 36.4 Å². The molecule has 154 valence electrons. The number of rotatable bonds is 9. The molecule has 3 aromatic heterocycles. The first-order valence-corrected chi connectivity index (χ1v) is 9.98. The zero-order chi connectivity index (χ0) is 20.8. The van der Waals surface area contributed by atoms with Crippen LogP contribution in [0, 0.1) is 0 Å². The molecule has 3 heterocycles. The van der Waals surface area contributed by atoms with Gasteiger partial charge >= 0.3 is 0 Å². The summed E-state index contributed by atoms with van der Waals surface area (Å²) in [4.78, 5) is 12.3. The van der Waals surface area contributed by atoms with E-state index in [0.717, 1.165) is 5.76 Å². The molecule has 8 heteroatoms. The largest absolute Gasteiger partial charge is 0.467 e. The maximum absolute atomic E-state index is 12.3. The van der Waals surface area contributed by atoms with Gasteiger partial charge in [-0.25, -0.2) is 0 Å². The quantitative estimate of drug-likeness (QED) is 0.445. The van der Waals surface area contributed by atoms with E-state index in [1.807, 2.05) is 42.5 Å². The predicted molar refractivity (Wildman–Crippen MR) is 113 cm³/mol. The first-order chi connectivity index (χ1) is 14.7. The molecular weight excluding hydrogens is 380 g/mol. The van der Waals surface area contributed by atoms with E-state index >= 15 is 0 Å². The standard InChI is InChI=1S/C22H24N6O2/c1-16(17-6-3-2-4-7-17)14-24-22(29)12-11-21-26-25-20-10-9-19(27-28(20)21)23-15-18-8-5-13-30-18/h2-10,13,16H,11-12,14-15H2,1H3,(H,23,27)(H,24,29). The van der Waals surface area contributed by atoms with Crippen LogP contribution in [0.2, 0.25) is 0 Å². The van der Waals surface area contributed by atoms with Gasteiger partial charge in [0, 0.05) is 19.4 Å². The number of aromatic nitrogens is 4. The van der Waals surface area contributed by atoms with Gasteiger partial charge in [0.1, 0.15) is 11.6 Å². The fourth-order valence-electron chi connectivity index (χ4n) is 3.15. The third-order valence-corrected chi connectivity index (χ3v) is 4.90. The second kappa shape index (κ2) is 9.21. The summed E-state index contributed by atoms with van der Waals surface area (Å²) in [6.45, 7) is 3.23. The van der Waals surface area contributed by atoms with Crippen LogP contribution in [0.3, 0.4) is 0 Å². The van der Waals surface area contributed by atoms with Crippen molar-refractivity contribution in [1.82, 2.24) is 25.1 Å². The average molecular weight is 404 g/mol. The summed E-state index contributed by atoms with van der Waals surface area (Å²) in [6.07, 6.45) is 2.42. The number of hydrogen-bond acceptors (Lipinski definition) is 6. The minimum absolute atomic E-state index is 0.0124. The highest BCUT2D eigenvalue weighted by Gasteiger charge is 2.12. The van der Waals surface area contributed by atoms with E-state index in [4.69, 9.17) is 4.42 Å². The number of aryl methyl sites for hydroxylation is 1. The molecule has 0 aliphatic heterocycles. The smallest absolute Gasteiger partial charge is 0.220 e. The number of nitrogens with one attached hydrogen (secondary N) is 2. The Hall–Kier alpha value is -3.68. The molecule has 0 fully saturated rings. The number of carbonyl (C=O) groups excluding carboxylic acids is 1. The molecule has 30 heavy (non-hydrogen) atoms. The minimum atomic E-state index is -0.0124. The van der Waals surface area contributed by atoms with Gasteiger partial charge in [-0.05, 0) is 35.7 Å². The lowest BCUT2D eigenvalue weighted by Crippen LogP contribution is -2.27. The van der Waals surface area contributed by atoms with Crippen molar-refractivity contribution in [1.29, 1.82) is 0 Å². The molecular formula is C22H24N6O2. The van der Waals surface area contributed by atoms with Gasteiger partial charge in [-0.3, -0.25) is 4.79 Å².